The van der Waals surface area contributed by atoms with Gasteiger partial charge in [0, 0.05) is 11.6 Å². The van der Waals surface area contributed by atoms with E-state index in [1.165, 1.54) is 0 Å². The highest BCUT2D eigenvalue weighted by Crippen LogP contribution is 2.21. The average Bonchev–Trinajstić information content (AvgIpc) is 2.35. The summed E-state index contributed by atoms with van der Waals surface area (Å²) in [5.41, 5.74) is 1.41. The highest BCUT2D eigenvalue weighted by molar-refractivity contribution is 6.16. The first-order chi connectivity index (χ1) is 8.87. The van der Waals surface area contributed by atoms with Gasteiger partial charge in [0.15, 0.2) is 0 Å². The first kappa shape index (κ1) is 13.3. The van der Waals surface area contributed by atoms with Gasteiger partial charge in [-0.2, -0.15) is 0 Å². The van der Waals surface area contributed by atoms with Crippen molar-refractivity contribution in [3.63, 3.8) is 0 Å². The van der Waals surface area contributed by atoms with Gasteiger partial charge in [0.1, 0.15) is 5.60 Å². The van der Waals surface area contributed by atoms with Crippen LogP contribution in [0.2, 0.25) is 0 Å². The molecule has 0 fully saturated rings. The van der Waals surface area contributed by atoms with Crippen LogP contribution in [0.25, 0.3) is 16.5 Å². The van der Waals surface area contributed by atoms with Crippen LogP contribution >= 0.6 is 0 Å². The van der Waals surface area contributed by atoms with Crippen molar-refractivity contribution in [1.29, 1.82) is 0 Å². The molecule has 0 atom stereocenters. The standard InChI is InChI=1S/C16H17NO2/c1-11(15(18)19-16(2,3)4)13-8-7-12-6-5-9-17-14(12)10-13/h5-10H,1H2,2-4H3. The minimum atomic E-state index is -0.519. The van der Waals surface area contributed by atoms with E-state index in [9.17, 15) is 4.79 Å². The summed E-state index contributed by atoms with van der Waals surface area (Å²) >= 11 is 0. The predicted molar refractivity (Wildman–Crippen MR) is 76.6 cm³/mol. The van der Waals surface area contributed by atoms with E-state index in [1.54, 1.807) is 6.20 Å². The van der Waals surface area contributed by atoms with Gasteiger partial charge in [-0.05, 0) is 38.5 Å². The molecule has 2 aromatic rings. The van der Waals surface area contributed by atoms with Crippen molar-refractivity contribution < 1.29 is 9.53 Å². The quantitative estimate of drug-likeness (QED) is 0.608. The monoisotopic (exact) mass is 255 g/mol. The fourth-order valence-electron chi connectivity index (χ4n) is 1.71. The van der Waals surface area contributed by atoms with Crippen LogP contribution in [-0.4, -0.2) is 16.6 Å². The van der Waals surface area contributed by atoms with Crippen LogP contribution in [-0.2, 0) is 9.53 Å². The number of benzene rings is 1. The van der Waals surface area contributed by atoms with Crippen molar-refractivity contribution in [2.75, 3.05) is 0 Å². The molecule has 1 aromatic heterocycles. The Morgan fingerprint density at radius 3 is 2.68 bits per heavy atom. The lowest BCUT2D eigenvalue weighted by atomic mass is 10.0. The fourth-order valence-corrected chi connectivity index (χ4v) is 1.71. The second kappa shape index (κ2) is 4.84. The molecule has 0 bridgehead atoms. The van der Waals surface area contributed by atoms with Crippen LogP contribution in [0.1, 0.15) is 26.3 Å². The lowest BCUT2D eigenvalue weighted by molar-refractivity contribution is -0.147. The summed E-state index contributed by atoms with van der Waals surface area (Å²) in [6.07, 6.45) is 1.72. The molecule has 0 saturated carbocycles. The van der Waals surface area contributed by atoms with Crippen LogP contribution < -0.4 is 0 Å². The number of esters is 1. The average molecular weight is 255 g/mol. The summed E-state index contributed by atoms with van der Waals surface area (Å²) in [4.78, 5) is 16.2. The molecule has 3 heteroatoms. The molecule has 0 aliphatic rings. The molecule has 19 heavy (non-hydrogen) atoms. The van der Waals surface area contributed by atoms with Crippen LogP contribution in [0.4, 0.5) is 0 Å². The molecule has 0 saturated heterocycles. The summed E-state index contributed by atoms with van der Waals surface area (Å²) in [5, 5.41) is 1.03. The lowest BCUT2D eigenvalue weighted by Crippen LogP contribution is -2.24. The van der Waals surface area contributed by atoms with E-state index < -0.39 is 11.6 Å². The van der Waals surface area contributed by atoms with Gasteiger partial charge >= 0.3 is 5.97 Å². The van der Waals surface area contributed by atoms with Crippen LogP contribution in [0.5, 0.6) is 0 Å². The van der Waals surface area contributed by atoms with E-state index in [2.05, 4.69) is 11.6 Å². The van der Waals surface area contributed by atoms with E-state index >= 15 is 0 Å². The third-order valence-electron chi connectivity index (χ3n) is 2.60. The number of aromatic nitrogens is 1. The van der Waals surface area contributed by atoms with E-state index in [4.69, 9.17) is 4.74 Å². The zero-order valence-corrected chi connectivity index (χ0v) is 11.4. The molecule has 0 aliphatic carbocycles. The second-order valence-electron chi connectivity index (χ2n) is 5.39. The van der Waals surface area contributed by atoms with Gasteiger partial charge in [0.05, 0.1) is 11.1 Å². The number of nitrogens with zero attached hydrogens (tertiary/aromatic N) is 1. The topological polar surface area (TPSA) is 39.2 Å². The van der Waals surface area contributed by atoms with Gasteiger partial charge < -0.3 is 4.74 Å². The Hall–Kier alpha value is -2.16. The zero-order valence-electron chi connectivity index (χ0n) is 11.4. The predicted octanol–water partition coefficient (Wildman–Crippen LogP) is 3.59. The molecular weight excluding hydrogens is 238 g/mol. The third-order valence-corrected chi connectivity index (χ3v) is 2.60. The minimum Gasteiger partial charge on any atom is -0.456 e. The maximum Gasteiger partial charge on any atom is 0.338 e. The first-order valence-corrected chi connectivity index (χ1v) is 6.14. The number of carbonyl (C=O) groups is 1. The van der Waals surface area contributed by atoms with E-state index in [1.807, 2.05) is 51.1 Å². The Kier molecular flexibility index (Phi) is 3.38. The normalized spacial score (nSPS) is 11.3. The molecule has 0 radical (unpaired) electrons. The van der Waals surface area contributed by atoms with Gasteiger partial charge in [-0.25, -0.2) is 4.79 Å². The third kappa shape index (κ3) is 3.19. The summed E-state index contributed by atoms with van der Waals surface area (Å²) in [6.45, 7) is 9.31. The van der Waals surface area contributed by atoms with Crippen molar-refractivity contribution >= 4 is 22.4 Å². The van der Waals surface area contributed by atoms with Gasteiger partial charge in [-0.1, -0.05) is 24.8 Å². The second-order valence-corrected chi connectivity index (χ2v) is 5.39. The Morgan fingerprint density at radius 1 is 1.26 bits per heavy atom. The van der Waals surface area contributed by atoms with E-state index in [0.717, 1.165) is 16.5 Å². The Bertz CT molecular complexity index is 638. The molecule has 1 heterocycles. The van der Waals surface area contributed by atoms with E-state index in [0.29, 0.717) is 5.57 Å². The molecule has 1 aromatic carbocycles. The highest BCUT2D eigenvalue weighted by Gasteiger charge is 2.19. The largest absolute Gasteiger partial charge is 0.456 e. The Morgan fingerprint density at radius 2 is 2.00 bits per heavy atom. The number of hydrogen-bond donors (Lipinski definition) is 0. The molecule has 0 unspecified atom stereocenters. The van der Waals surface area contributed by atoms with Crippen LogP contribution in [0.3, 0.4) is 0 Å². The number of hydrogen-bond acceptors (Lipinski definition) is 3. The summed E-state index contributed by atoms with van der Waals surface area (Å²) in [6, 6.07) is 9.48. The van der Waals surface area contributed by atoms with Crippen LogP contribution in [0.15, 0.2) is 43.1 Å². The molecule has 98 valence electrons. The highest BCUT2D eigenvalue weighted by atomic mass is 16.6. The number of rotatable bonds is 2. The van der Waals surface area contributed by atoms with Gasteiger partial charge in [-0.15, -0.1) is 0 Å². The Balaban J connectivity index is 2.29. The fraction of sp³-hybridized carbons (Fsp3) is 0.250. The maximum atomic E-state index is 12.0. The van der Waals surface area contributed by atoms with Crippen molar-refractivity contribution in [2.45, 2.75) is 26.4 Å². The van der Waals surface area contributed by atoms with Crippen LogP contribution in [0, 0.1) is 0 Å². The lowest BCUT2D eigenvalue weighted by Gasteiger charge is -2.20. The number of ether oxygens (including phenoxy) is 1. The number of pyridine rings is 1. The van der Waals surface area contributed by atoms with Crippen molar-refractivity contribution in [2.24, 2.45) is 0 Å². The smallest absolute Gasteiger partial charge is 0.338 e. The molecule has 0 spiro atoms. The Labute approximate surface area is 112 Å². The molecule has 0 amide bonds. The molecule has 0 aliphatic heterocycles. The first-order valence-electron chi connectivity index (χ1n) is 6.14. The van der Waals surface area contributed by atoms with Crippen molar-refractivity contribution in [1.82, 2.24) is 4.98 Å². The minimum absolute atomic E-state index is 0.350. The van der Waals surface area contributed by atoms with Crippen molar-refractivity contribution in [3.05, 3.63) is 48.7 Å². The van der Waals surface area contributed by atoms with Crippen molar-refractivity contribution in [3.8, 4) is 0 Å². The SMILES string of the molecule is C=C(C(=O)OC(C)(C)C)c1ccc2cccnc2c1. The molecule has 0 N–H and O–H groups in total. The maximum absolute atomic E-state index is 12.0. The summed E-state index contributed by atoms with van der Waals surface area (Å²) < 4.78 is 5.31. The van der Waals surface area contributed by atoms with Gasteiger partial charge in [0.2, 0.25) is 0 Å². The molecule has 2 rings (SSSR count). The molecular formula is C16H17NO2. The van der Waals surface area contributed by atoms with Gasteiger partial charge in [0.25, 0.3) is 0 Å². The number of carbonyl (C=O) groups excluding carboxylic acids is 1. The van der Waals surface area contributed by atoms with E-state index in [-0.39, 0.29) is 0 Å². The zero-order chi connectivity index (χ0) is 14.0. The molecule has 3 nitrogen and oxygen atoms in total. The van der Waals surface area contributed by atoms with Gasteiger partial charge in [-0.3, -0.25) is 4.98 Å². The summed E-state index contributed by atoms with van der Waals surface area (Å²) in [7, 11) is 0. The number of fused-ring (bicyclic) bond motifs is 1. The summed E-state index contributed by atoms with van der Waals surface area (Å²) in [5.74, 6) is -0.400.